The van der Waals surface area contributed by atoms with Gasteiger partial charge in [-0.05, 0) is 55.8 Å². The molecule has 3 rings (SSSR count). The summed E-state index contributed by atoms with van der Waals surface area (Å²) in [6.45, 7) is 1.38. The molecule has 7 nitrogen and oxygen atoms in total. The molecule has 7 heteroatoms. The van der Waals surface area contributed by atoms with Crippen molar-refractivity contribution < 1.29 is 24.1 Å². The second kappa shape index (κ2) is 9.92. The monoisotopic (exact) mass is 428 g/mol. The number of benzene rings is 2. The van der Waals surface area contributed by atoms with Crippen LogP contribution < -0.4 is 19.1 Å². The van der Waals surface area contributed by atoms with Crippen LogP contribution in [-0.4, -0.2) is 64.5 Å². The molecule has 1 heterocycles. The summed E-state index contributed by atoms with van der Waals surface area (Å²) in [5, 5.41) is 9.41. The lowest BCUT2D eigenvalue weighted by molar-refractivity contribution is -0.143. The quantitative estimate of drug-likeness (QED) is 0.688. The van der Waals surface area contributed by atoms with E-state index in [4.69, 9.17) is 14.2 Å². The Morgan fingerprint density at radius 1 is 0.968 bits per heavy atom. The molecule has 2 aromatic carbocycles. The Balaban J connectivity index is 2.07. The second-order valence-corrected chi connectivity index (χ2v) is 7.96. The summed E-state index contributed by atoms with van der Waals surface area (Å²) in [5.74, 6) is 0.784. The van der Waals surface area contributed by atoms with Crippen molar-refractivity contribution in [2.75, 3.05) is 53.4 Å². The molecule has 168 valence electrons. The number of carboxylic acids is 1. The Morgan fingerprint density at radius 3 is 2.06 bits per heavy atom. The Labute approximate surface area is 184 Å². The van der Waals surface area contributed by atoms with Gasteiger partial charge in [0.1, 0.15) is 0 Å². The topological polar surface area (TPSA) is 71.5 Å². The van der Waals surface area contributed by atoms with Gasteiger partial charge in [-0.3, -0.25) is 9.69 Å². The number of rotatable bonds is 8. The Bertz CT molecular complexity index is 890. The maximum absolute atomic E-state index is 11.5. The van der Waals surface area contributed by atoms with Crippen molar-refractivity contribution in [1.29, 1.82) is 0 Å². The van der Waals surface area contributed by atoms with Gasteiger partial charge in [-0.15, -0.1) is 0 Å². The first kappa shape index (κ1) is 22.7. The number of carboxylic acid groups (broad SMARTS) is 1. The van der Waals surface area contributed by atoms with Crippen LogP contribution in [0.25, 0.3) is 0 Å². The number of anilines is 1. The lowest BCUT2D eigenvalue weighted by atomic mass is 9.90. The smallest absolute Gasteiger partial charge is 0.306 e. The van der Waals surface area contributed by atoms with Crippen LogP contribution in [-0.2, 0) is 4.79 Å². The minimum Gasteiger partial charge on any atom is -0.493 e. The van der Waals surface area contributed by atoms with Gasteiger partial charge in [0, 0.05) is 25.3 Å². The number of hydrogen-bond acceptors (Lipinski definition) is 6. The van der Waals surface area contributed by atoms with Crippen LogP contribution in [0, 0.1) is 5.92 Å². The van der Waals surface area contributed by atoms with E-state index in [0.29, 0.717) is 43.2 Å². The summed E-state index contributed by atoms with van der Waals surface area (Å²) in [5.41, 5.74) is 3.20. The SMILES string of the molecule is COc1ccc(C(c2ccc(N(C)C)cc2)N2CCC(C(=O)O)CC2)c(OC)c1OC. The number of likely N-dealkylation sites (tertiary alicyclic amines) is 1. The molecule has 1 fully saturated rings. The highest BCUT2D eigenvalue weighted by Gasteiger charge is 2.33. The number of carbonyl (C=O) groups is 1. The van der Waals surface area contributed by atoms with Gasteiger partial charge >= 0.3 is 5.97 Å². The second-order valence-electron chi connectivity index (χ2n) is 7.96. The zero-order valence-corrected chi connectivity index (χ0v) is 18.9. The van der Waals surface area contributed by atoms with Crippen LogP contribution in [0.2, 0.25) is 0 Å². The van der Waals surface area contributed by atoms with Crippen molar-refractivity contribution in [2.45, 2.75) is 18.9 Å². The lowest BCUT2D eigenvalue weighted by Crippen LogP contribution is -2.39. The molecule has 1 saturated heterocycles. The third-order valence-corrected chi connectivity index (χ3v) is 6.00. The molecule has 0 saturated carbocycles. The first-order chi connectivity index (χ1) is 14.9. The van der Waals surface area contributed by atoms with E-state index in [1.165, 1.54) is 0 Å². The minimum atomic E-state index is -0.713. The van der Waals surface area contributed by atoms with Crippen molar-refractivity contribution >= 4 is 11.7 Å². The Hall–Kier alpha value is -2.93. The van der Waals surface area contributed by atoms with Gasteiger partial charge < -0.3 is 24.2 Å². The number of ether oxygens (including phenoxy) is 3. The molecule has 0 amide bonds. The van der Waals surface area contributed by atoms with E-state index >= 15 is 0 Å². The van der Waals surface area contributed by atoms with Crippen molar-refractivity contribution in [2.24, 2.45) is 5.92 Å². The molecule has 1 atom stereocenters. The highest BCUT2D eigenvalue weighted by atomic mass is 16.5. The summed E-state index contributed by atoms with van der Waals surface area (Å²) in [6.07, 6.45) is 1.24. The summed E-state index contributed by atoms with van der Waals surface area (Å²) in [4.78, 5) is 15.8. The Kier molecular flexibility index (Phi) is 7.28. The fourth-order valence-electron chi connectivity index (χ4n) is 4.29. The van der Waals surface area contributed by atoms with Gasteiger partial charge in [-0.2, -0.15) is 0 Å². The zero-order valence-electron chi connectivity index (χ0n) is 18.9. The maximum atomic E-state index is 11.5. The van der Waals surface area contributed by atoms with E-state index in [1.807, 2.05) is 26.2 Å². The van der Waals surface area contributed by atoms with E-state index in [0.717, 1.165) is 16.8 Å². The van der Waals surface area contributed by atoms with Crippen LogP contribution in [0.3, 0.4) is 0 Å². The molecular weight excluding hydrogens is 396 g/mol. The number of methoxy groups -OCH3 is 3. The van der Waals surface area contributed by atoms with Crippen molar-refractivity contribution in [1.82, 2.24) is 4.90 Å². The minimum absolute atomic E-state index is 0.0966. The average Bonchev–Trinajstić information content (AvgIpc) is 2.79. The molecule has 1 N–H and O–H groups in total. The van der Waals surface area contributed by atoms with E-state index < -0.39 is 5.97 Å². The van der Waals surface area contributed by atoms with Gasteiger partial charge in [0.25, 0.3) is 0 Å². The summed E-state index contributed by atoms with van der Waals surface area (Å²) in [6, 6.07) is 12.2. The number of aliphatic carboxylic acids is 1. The molecular formula is C24H32N2O5. The largest absolute Gasteiger partial charge is 0.493 e. The van der Waals surface area contributed by atoms with Crippen molar-refractivity contribution in [3.8, 4) is 17.2 Å². The molecule has 0 radical (unpaired) electrons. The van der Waals surface area contributed by atoms with E-state index in [1.54, 1.807) is 21.3 Å². The van der Waals surface area contributed by atoms with Gasteiger partial charge in [-0.25, -0.2) is 0 Å². The van der Waals surface area contributed by atoms with Crippen molar-refractivity contribution in [3.63, 3.8) is 0 Å². The Morgan fingerprint density at radius 2 is 1.58 bits per heavy atom. The van der Waals surface area contributed by atoms with Gasteiger partial charge in [-0.1, -0.05) is 12.1 Å². The number of piperidine rings is 1. The molecule has 1 unspecified atom stereocenters. The average molecular weight is 429 g/mol. The van der Waals surface area contributed by atoms with Crippen LogP contribution in [0.4, 0.5) is 5.69 Å². The first-order valence-corrected chi connectivity index (χ1v) is 10.4. The van der Waals surface area contributed by atoms with Gasteiger partial charge in [0.05, 0.1) is 33.3 Å². The highest BCUT2D eigenvalue weighted by Crippen LogP contribution is 2.46. The van der Waals surface area contributed by atoms with Crippen LogP contribution in [0.5, 0.6) is 17.2 Å². The molecule has 0 spiro atoms. The summed E-state index contributed by atoms with van der Waals surface area (Å²) in [7, 11) is 8.86. The lowest BCUT2D eigenvalue weighted by Gasteiger charge is -2.38. The molecule has 0 aromatic heterocycles. The summed E-state index contributed by atoms with van der Waals surface area (Å²) < 4.78 is 16.9. The normalized spacial score (nSPS) is 15.9. The zero-order chi connectivity index (χ0) is 22.5. The van der Waals surface area contributed by atoms with E-state index in [-0.39, 0.29) is 12.0 Å². The predicted octanol–water partition coefficient (Wildman–Crippen LogP) is 3.66. The third kappa shape index (κ3) is 4.71. The number of nitrogens with zero attached hydrogens (tertiary/aromatic N) is 2. The molecule has 1 aliphatic heterocycles. The van der Waals surface area contributed by atoms with E-state index in [9.17, 15) is 9.90 Å². The van der Waals surface area contributed by atoms with E-state index in [2.05, 4.69) is 34.1 Å². The van der Waals surface area contributed by atoms with Crippen LogP contribution >= 0.6 is 0 Å². The van der Waals surface area contributed by atoms with Gasteiger partial charge in [0.2, 0.25) is 5.75 Å². The molecule has 0 bridgehead atoms. The summed E-state index contributed by atoms with van der Waals surface area (Å²) >= 11 is 0. The van der Waals surface area contributed by atoms with Crippen LogP contribution in [0.15, 0.2) is 36.4 Å². The standard InChI is InChI=1S/C24H32N2O5/c1-25(2)18-8-6-16(7-9-18)21(26-14-12-17(13-15-26)24(27)28)19-10-11-20(29-3)23(31-5)22(19)30-4/h6-11,17,21H,12-15H2,1-5H3,(H,27,28). The fraction of sp³-hybridized carbons (Fsp3) is 0.458. The maximum Gasteiger partial charge on any atom is 0.306 e. The number of hydrogen-bond donors (Lipinski definition) is 1. The molecule has 31 heavy (non-hydrogen) atoms. The molecule has 0 aliphatic carbocycles. The fourth-order valence-corrected chi connectivity index (χ4v) is 4.29. The van der Waals surface area contributed by atoms with Crippen LogP contribution in [0.1, 0.15) is 30.0 Å². The first-order valence-electron chi connectivity index (χ1n) is 10.4. The third-order valence-electron chi connectivity index (χ3n) is 6.00. The predicted molar refractivity (Wildman–Crippen MR) is 121 cm³/mol. The van der Waals surface area contributed by atoms with Crippen molar-refractivity contribution in [3.05, 3.63) is 47.5 Å². The molecule has 2 aromatic rings. The highest BCUT2D eigenvalue weighted by molar-refractivity contribution is 5.70. The molecule has 1 aliphatic rings. The van der Waals surface area contributed by atoms with Gasteiger partial charge in [0.15, 0.2) is 11.5 Å².